The van der Waals surface area contributed by atoms with Crippen LogP contribution in [-0.2, 0) is 0 Å². The Kier molecular flexibility index (Phi) is 4.22. The van der Waals surface area contributed by atoms with Gasteiger partial charge in [-0.25, -0.2) is 0 Å². The van der Waals surface area contributed by atoms with E-state index >= 15 is 0 Å². The van der Waals surface area contributed by atoms with Crippen molar-refractivity contribution in [3.63, 3.8) is 0 Å². The highest BCUT2D eigenvalue weighted by atomic mass is 28.3. The van der Waals surface area contributed by atoms with Crippen molar-refractivity contribution in [1.29, 1.82) is 0 Å². The van der Waals surface area contributed by atoms with Crippen LogP contribution in [0.15, 0.2) is 54.6 Å². The van der Waals surface area contributed by atoms with Crippen LogP contribution < -0.4 is 0 Å². The third-order valence-corrected chi connectivity index (χ3v) is 3.64. The van der Waals surface area contributed by atoms with Crippen LogP contribution >= 0.6 is 0 Å². The SMILES string of the molecule is C[Si](C)(C)C#Cc1ccc(C(=O)c2ccccc2)cc1. The minimum atomic E-state index is -1.36. The van der Waals surface area contributed by atoms with Crippen molar-refractivity contribution < 1.29 is 4.79 Å². The van der Waals surface area contributed by atoms with Crippen molar-refractivity contribution in [3.05, 3.63) is 71.3 Å². The Bertz CT molecular complexity index is 653. The first kappa shape index (κ1) is 14.3. The van der Waals surface area contributed by atoms with Gasteiger partial charge < -0.3 is 0 Å². The van der Waals surface area contributed by atoms with E-state index in [4.69, 9.17) is 0 Å². The number of ketones is 1. The second-order valence-corrected chi connectivity index (χ2v) is 10.5. The number of hydrogen-bond acceptors (Lipinski definition) is 1. The summed E-state index contributed by atoms with van der Waals surface area (Å²) in [4.78, 5) is 12.2. The van der Waals surface area contributed by atoms with Crippen molar-refractivity contribution in [2.75, 3.05) is 0 Å². The lowest BCUT2D eigenvalue weighted by Crippen LogP contribution is -2.16. The Labute approximate surface area is 121 Å². The molecule has 0 heterocycles. The number of benzene rings is 2. The van der Waals surface area contributed by atoms with Gasteiger partial charge in [0.2, 0.25) is 0 Å². The molecule has 0 amide bonds. The topological polar surface area (TPSA) is 17.1 Å². The highest BCUT2D eigenvalue weighted by Crippen LogP contribution is 2.11. The van der Waals surface area contributed by atoms with Crippen molar-refractivity contribution in [3.8, 4) is 11.5 Å². The van der Waals surface area contributed by atoms with Gasteiger partial charge in [-0.2, -0.15) is 0 Å². The molecule has 0 bridgehead atoms. The third-order valence-electron chi connectivity index (χ3n) is 2.76. The van der Waals surface area contributed by atoms with Gasteiger partial charge in [0.25, 0.3) is 0 Å². The fourth-order valence-electron chi connectivity index (χ4n) is 1.72. The average Bonchev–Trinajstić information content (AvgIpc) is 2.45. The fraction of sp³-hybridized carbons (Fsp3) is 0.167. The molecule has 0 aliphatic carbocycles. The maximum atomic E-state index is 12.2. The minimum Gasteiger partial charge on any atom is -0.289 e. The van der Waals surface area contributed by atoms with Crippen LogP contribution in [-0.4, -0.2) is 13.9 Å². The lowest BCUT2D eigenvalue weighted by Gasteiger charge is -2.04. The molecule has 1 nitrogen and oxygen atoms in total. The summed E-state index contributed by atoms with van der Waals surface area (Å²) in [6.45, 7) is 6.65. The number of rotatable bonds is 2. The minimum absolute atomic E-state index is 0.0512. The Morgan fingerprint density at radius 2 is 1.40 bits per heavy atom. The number of carbonyl (C=O) groups excluding carboxylic acids is 1. The van der Waals surface area contributed by atoms with E-state index in [0.717, 1.165) is 5.56 Å². The molecule has 2 heteroatoms. The van der Waals surface area contributed by atoms with Crippen LogP contribution in [0, 0.1) is 11.5 Å². The third kappa shape index (κ3) is 3.94. The van der Waals surface area contributed by atoms with Gasteiger partial charge in [0, 0.05) is 16.7 Å². The largest absolute Gasteiger partial charge is 0.289 e. The van der Waals surface area contributed by atoms with Gasteiger partial charge in [0.15, 0.2) is 5.78 Å². The van der Waals surface area contributed by atoms with Crippen LogP contribution in [0.2, 0.25) is 19.6 Å². The molecule has 0 unspecified atom stereocenters. The van der Waals surface area contributed by atoms with E-state index in [1.165, 1.54) is 0 Å². The fourth-order valence-corrected chi connectivity index (χ4v) is 2.24. The van der Waals surface area contributed by atoms with Crippen molar-refractivity contribution in [2.45, 2.75) is 19.6 Å². The molecule has 0 atom stereocenters. The maximum absolute atomic E-state index is 12.2. The highest BCUT2D eigenvalue weighted by molar-refractivity contribution is 6.83. The molecular formula is C18H18OSi. The summed E-state index contributed by atoms with van der Waals surface area (Å²) in [6, 6.07) is 16.9. The van der Waals surface area contributed by atoms with Gasteiger partial charge in [-0.15, -0.1) is 5.54 Å². The first-order valence-electron chi connectivity index (χ1n) is 6.69. The molecule has 0 aliphatic heterocycles. The first-order chi connectivity index (χ1) is 9.46. The smallest absolute Gasteiger partial charge is 0.193 e. The molecule has 0 fully saturated rings. The van der Waals surface area contributed by atoms with Crippen LogP contribution in [0.3, 0.4) is 0 Å². The standard InChI is InChI=1S/C18H18OSi/c1-20(2,3)14-13-15-9-11-17(12-10-15)18(19)16-7-5-4-6-8-16/h4-12H,1-3H3. The van der Waals surface area contributed by atoms with E-state index in [0.29, 0.717) is 11.1 Å². The van der Waals surface area contributed by atoms with Gasteiger partial charge in [-0.05, 0) is 24.3 Å². The van der Waals surface area contributed by atoms with E-state index in [1.54, 1.807) is 0 Å². The summed E-state index contributed by atoms with van der Waals surface area (Å²) in [6.07, 6.45) is 0. The molecule has 0 N–H and O–H groups in total. The molecule has 100 valence electrons. The monoisotopic (exact) mass is 278 g/mol. The van der Waals surface area contributed by atoms with Crippen LogP contribution in [0.25, 0.3) is 0 Å². The van der Waals surface area contributed by atoms with Crippen LogP contribution in [0.4, 0.5) is 0 Å². The van der Waals surface area contributed by atoms with Crippen molar-refractivity contribution >= 4 is 13.9 Å². The Morgan fingerprint density at radius 1 is 0.850 bits per heavy atom. The molecule has 0 aromatic heterocycles. The summed E-state index contributed by atoms with van der Waals surface area (Å²) in [5, 5.41) is 0. The average molecular weight is 278 g/mol. The molecule has 0 saturated heterocycles. The molecule has 2 aromatic rings. The predicted octanol–water partition coefficient (Wildman–Crippen LogP) is 4.15. The molecule has 0 radical (unpaired) electrons. The van der Waals surface area contributed by atoms with Crippen LogP contribution in [0.5, 0.6) is 0 Å². The zero-order chi connectivity index (χ0) is 14.6. The van der Waals surface area contributed by atoms with E-state index in [9.17, 15) is 4.79 Å². The van der Waals surface area contributed by atoms with E-state index in [2.05, 4.69) is 31.1 Å². The van der Waals surface area contributed by atoms with E-state index in [-0.39, 0.29) is 5.78 Å². The molecule has 0 aliphatic rings. The second kappa shape index (κ2) is 5.90. The highest BCUT2D eigenvalue weighted by Gasteiger charge is 2.09. The molecule has 0 saturated carbocycles. The van der Waals surface area contributed by atoms with Gasteiger partial charge in [0.05, 0.1) is 0 Å². The lowest BCUT2D eigenvalue weighted by atomic mass is 10.0. The number of carbonyl (C=O) groups is 1. The van der Waals surface area contributed by atoms with Gasteiger partial charge >= 0.3 is 0 Å². The predicted molar refractivity (Wildman–Crippen MR) is 86.5 cm³/mol. The van der Waals surface area contributed by atoms with Crippen molar-refractivity contribution in [1.82, 2.24) is 0 Å². The first-order valence-corrected chi connectivity index (χ1v) is 10.2. The zero-order valence-electron chi connectivity index (χ0n) is 12.1. The maximum Gasteiger partial charge on any atom is 0.193 e. The number of hydrogen-bond donors (Lipinski definition) is 0. The Hall–Kier alpha value is -2.11. The quantitative estimate of drug-likeness (QED) is 0.458. The van der Waals surface area contributed by atoms with Gasteiger partial charge in [-0.3, -0.25) is 4.79 Å². The second-order valence-electron chi connectivity index (χ2n) is 5.77. The molecule has 20 heavy (non-hydrogen) atoms. The molecule has 0 spiro atoms. The molecule has 2 rings (SSSR count). The van der Waals surface area contributed by atoms with Crippen molar-refractivity contribution in [2.24, 2.45) is 0 Å². The van der Waals surface area contributed by atoms with E-state index < -0.39 is 8.07 Å². The lowest BCUT2D eigenvalue weighted by molar-refractivity contribution is 0.103. The summed E-state index contributed by atoms with van der Waals surface area (Å²) in [5.41, 5.74) is 5.71. The molecular weight excluding hydrogens is 260 g/mol. The summed E-state index contributed by atoms with van der Waals surface area (Å²) in [5.74, 6) is 3.24. The Morgan fingerprint density at radius 3 is 1.95 bits per heavy atom. The molecule has 2 aromatic carbocycles. The summed E-state index contributed by atoms with van der Waals surface area (Å²) < 4.78 is 0. The summed E-state index contributed by atoms with van der Waals surface area (Å²) in [7, 11) is -1.36. The zero-order valence-corrected chi connectivity index (χ0v) is 13.1. The normalized spacial score (nSPS) is 10.6. The summed E-state index contributed by atoms with van der Waals surface area (Å²) >= 11 is 0. The van der Waals surface area contributed by atoms with Gasteiger partial charge in [0.1, 0.15) is 8.07 Å². The van der Waals surface area contributed by atoms with E-state index in [1.807, 2.05) is 54.6 Å². The van der Waals surface area contributed by atoms with Crippen LogP contribution in [0.1, 0.15) is 21.5 Å². The Balaban J connectivity index is 2.20. The van der Waals surface area contributed by atoms with Gasteiger partial charge in [-0.1, -0.05) is 55.9 Å².